The molecule has 1 nitrogen and oxygen atoms in total. The second-order valence-corrected chi connectivity index (χ2v) is 5.02. The van der Waals surface area contributed by atoms with Crippen LogP contribution in [0, 0.1) is 5.41 Å². The van der Waals surface area contributed by atoms with Gasteiger partial charge in [-0.2, -0.15) is 0 Å². The Balaban J connectivity index is 1.97. The molecule has 1 heterocycles. The minimum atomic E-state index is 0.764. The molecule has 0 aromatic rings. The summed E-state index contributed by atoms with van der Waals surface area (Å²) in [4.78, 5) is 2.68. The van der Waals surface area contributed by atoms with Gasteiger partial charge in [0, 0.05) is 12.6 Å². The van der Waals surface area contributed by atoms with Crippen molar-refractivity contribution in [2.45, 2.75) is 52.0 Å². The van der Waals surface area contributed by atoms with Gasteiger partial charge in [-0.3, -0.25) is 0 Å². The van der Waals surface area contributed by atoms with Crippen molar-refractivity contribution < 1.29 is 0 Å². The van der Waals surface area contributed by atoms with Crippen LogP contribution >= 0.6 is 0 Å². The third kappa shape index (κ3) is 1.66. The lowest BCUT2D eigenvalue weighted by Gasteiger charge is -2.27. The molecule has 2 fully saturated rings. The van der Waals surface area contributed by atoms with Crippen molar-refractivity contribution in [2.75, 3.05) is 13.1 Å². The molecule has 2 aliphatic rings. The molecule has 1 aliphatic carbocycles. The first-order valence-corrected chi connectivity index (χ1v) is 5.46. The summed E-state index contributed by atoms with van der Waals surface area (Å²) in [5.74, 6) is 0. The van der Waals surface area contributed by atoms with E-state index in [0.717, 1.165) is 11.5 Å². The molecule has 1 aliphatic heterocycles. The molecule has 0 atom stereocenters. The average Bonchev–Trinajstić information content (AvgIpc) is 2.80. The first kappa shape index (κ1) is 8.55. The number of nitrogens with zero attached hydrogens (tertiary/aromatic N) is 1. The van der Waals surface area contributed by atoms with E-state index in [1.807, 2.05) is 0 Å². The van der Waals surface area contributed by atoms with Crippen LogP contribution in [0.1, 0.15) is 46.0 Å². The molecule has 0 unspecified atom stereocenters. The molecule has 2 rings (SSSR count). The van der Waals surface area contributed by atoms with Crippen molar-refractivity contribution in [3.05, 3.63) is 0 Å². The van der Waals surface area contributed by atoms with Crippen molar-refractivity contribution in [1.29, 1.82) is 0 Å². The van der Waals surface area contributed by atoms with E-state index in [4.69, 9.17) is 0 Å². The zero-order chi connectivity index (χ0) is 8.60. The fraction of sp³-hybridized carbons (Fsp3) is 1.00. The summed E-state index contributed by atoms with van der Waals surface area (Å²) >= 11 is 0. The van der Waals surface area contributed by atoms with Crippen LogP contribution < -0.4 is 0 Å². The Hall–Kier alpha value is -0.0400. The Morgan fingerprint density at radius 1 is 1.08 bits per heavy atom. The van der Waals surface area contributed by atoms with E-state index in [0.29, 0.717) is 0 Å². The molecule has 1 saturated carbocycles. The maximum atomic E-state index is 2.68. The quantitative estimate of drug-likeness (QED) is 0.580. The Morgan fingerprint density at radius 3 is 2.42 bits per heavy atom. The monoisotopic (exact) mass is 167 g/mol. The first-order valence-electron chi connectivity index (χ1n) is 5.46. The second kappa shape index (κ2) is 3.02. The summed E-state index contributed by atoms with van der Waals surface area (Å²) in [6, 6.07) is 0.764. The van der Waals surface area contributed by atoms with Crippen LogP contribution in [0.4, 0.5) is 0 Å². The fourth-order valence-corrected chi connectivity index (χ4v) is 2.43. The topological polar surface area (TPSA) is 3.24 Å². The van der Waals surface area contributed by atoms with Crippen LogP contribution in [0.2, 0.25) is 0 Å². The number of hydrogen-bond donors (Lipinski definition) is 0. The van der Waals surface area contributed by atoms with Gasteiger partial charge in [0.2, 0.25) is 0 Å². The van der Waals surface area contributed by atoms with Crippen LogP contribution in [0.3, 0.4) is 0 Å². The minimum Gasteiger partial charge on any atom is -0.300 e. The molecule has 70 valence electrons. The minimum absolute atomic E-state index is 0.764. The highest BCUT2D eigenvalue weighted by molar-refractivity contribution is 4.97. The molecule has 1 saturated heterocycles. The zero-order valence-corrected chi connectivity index (χ0v) is 8.47. The van der Waals surface area contributed by atoms with Gasteiger partial charge in [0.25, 0.3) is 0 Å². The maximum absolute atomic E-state index is 2.68. The van der Waals surface area contributed by atoms with Crippen molar-refractivity contribution in [2.24, 2.45) is 5.41 Å². The van der Waals surface area contributed by atoms with Gasteiger partial charge in [-0.25, -0.2) is 0 Å². The summed E-state index contributed by atoms with van der Waals surface area (Å²) in [5, 5.41) is 0. The van der Waals surface area contributed by atoms with Gasteiger partial charge in [0.15, 0.2) is 0 Å². The molecule has 0 aromatic carbocycles. The Labute approximate surface area is 76.1 Å². The molecule has 1 spiro atoms. The van der Waals surface area contributed by atoms with E-state index in [2.05, 4.69) is 18.7 Å². The predicted octanol–water partition coefficient (Wildman–Crippen LogP) is 2.66. The van der Waals surface area contributed by atoms with E-state index in [1.54, 1.807) is 0 Å². The maximum Gasteiger partial charge on any atom is 0.00407 e. The van der Waals surface area contributed by atoms with E-state index < -0.39 is 0 Å². The number of likely N-dealkylation sites (tertiary alicyclic amines) is 1. The largest absolute Gasteiger partial charge is 0.300 e. The number of hydrogen-bond acceptors (Lipinski definition) is 1. The van der Waals surface area contributed by atoms with Crippen LogP contribution in [-0.4, -0.2) is 24.0 Å². The molecular formula is C11H21N. The van der Waals surface area contributed by atoms with Crippen LogP contribution in [0.15, 0.2) is 0 Å². The highest BCUT2D eigenvalue weighted by Crippen LogP contribution is 2.51. The molecule has 0 radical (unpaired) electrons. The summed E-state index contributed by atoms with van der Waals surface area (Å²) < 4.78 is 0. The standard InChI is InChI=1S/C11H21N/c1-10(2)12-8-4-3-5-11(9-12)6-7-11/h10H,3-9H2,1-2H3. The van der Waals surface area contributed by atoms with Crippen molar-refractivity contribution >= 4 is 0 Å². The van der Waals surface area contributed by atoms with Crippen LogP contribution in [-0.2, 0) is 0 Å². The Bertz CT molecular complexity index is 158. The van der Waals surface area contributed by atoms with Crippen molar-refractivity contribution in [3.8, 4) is 0 Å². The zero-order valence-electron chi connectivity index (χ0n) is 8.47. The van der Waals surface area contributed by atoms with E-state index in [1.165, 1.54) is 45.2 Å². The van der Waals surface area contributed by atoms with E-state index in [9.17, 15) is 0 Å². The van der Waals surface area contributed by atoms with Crippen molar-refractivity contribution in [1.82, 2.24) is 4.90 Å². The second-order valence-electron chi connectivity index (χ2n) is 5.02. The molecular weight excluding hydrogens is 146 g/mol. The molecule has 12 heavy (non-hydrogen) atoms. The third-order valence-electron chi connectivity index (χ3n) is 3.63. The van der Waals surface area contributed by atoms with E-state index in [-0.39, 0.29) is 0 Å². The van der Waals surface area contributed by atoms with Gasteiger partial charge in [-0.05, 0) is 51.5 Å². The average molecular weight is 167 g/mol. The Kier molecular flexibility index (Phi) is 2.16. The van der Waals surface area contributed by atoms with Gasteiger partial charge < -0.3 is 4.90 Å². The first-order chi connectivity index (χ1) is 5.72. The number of rotatable bonds is 1. The normalized spacial score (nSPS) is 29.2. The predicted molar refractivity (Wildman–Crippen MR) is 52.2 cm³/mol. The molecule has 0 amide bonds. The molecule has 0 N–H and O–H groups in total. The lowest BCUT2D eigenvalue weighted by Crippen LogP contribution is -2.35. The van der Waals surface area contributed by atoms with Crippen LogP contribution in [0.25, 0.3) is 0 Å². The SMILES string of the molecule is CC(C)N1CCCCC2(CC2)C1. The Morgan fingerprint density at radius 2 is 1.83 bits per heavy atom. The van der Waals surface area contributed by atoms with Gasteiger partial charge in [-0.15, -0.1) is 0 Å². The third-order valence-corrected chi connectivity index (χ3v) is 3.63. The van der Waals surface area contributed by atoms with E-state index >= 15 is 0 Å². The summed E-state index contributed by atoms with van der Waals surface area (Å²) in [7, 11) is 0. The summed E-state index contributed by atoms with van der Waals surface area (Å²) in [6.45, 7) is 7.41. The lowest BCUT2D eigenvalue weighted by atomic mass is 10.0. The molecule has 0 aromatic heterocycles. The summed E-state index contributed by atoms with van der Waals surface area (Å²) in [5.41, 5.74) is 0.792. The highest BCUT2D eigenvalue weighted by atomic mass is 15.2. The highest BCUT2D eigenvalue weighted by Gasteiger charge is 2.44. The molecule has 1 heteroatoms. The van der Waals surface area contributed by atoms with Crippen molar-refractivity contribution in [3.63, 3.8) is 0 Å². The smallest absolute Gasteiger partial charge is 0.00407 e. The van der Waals surface area contributed by atoms with Gasteiger partial charge in [0.05, 0.1) is 0 Å². The lowest BCUT2D eigenvalue weighted by molar-refractivity contribution is 0.194. The van der Waals surface area contributed by atoms with Gasteiger partial charge in [-0.1, -0.05) is 6.42 Å². The fourth-order valence-electron chi connectivity index (χ4n) is 2.43. The molecule has 0 bridgehead atoms. The van der Waals surface area contributed by atoms with Gasteiger partial charge in [0.1, 0.15) is 0 Å². The van der Waals surface area contributed by atoms with Gasteiger partial charge >= 0.3 is 0 Å². The summed E-state index contributed by atoms with van der Waals surface area (Å²) in [6.07, 6.45) is 7.44. The van der Waals surface area contributed by atoms with Crippen LogP contribution in [0.5, 0.6) is 0 Å².